The zero-order chi connectivity index (χ0) is 15.1. The van der Waals surface area contributed by atoms with Gasteiger partial charge >= 0.3 is 0 Å². The van der Waals surface area contributed by atoms with E-state index in [4.69, 9.17) is 4.74 Å². The predicted octanol–water partition coefficient (Wildman–Crippen LogP) is 0.596. The molecule has 0 fully saturated rings. The van der Waals surface area contributed by atoms with Gasteiger partial charge in [0.25, 0.3) is 5.91 Å². The molecule has 0 unspecified atom stereocenters. The van der Waals surface area contributed by atoms with Crippen molar-refractivity contribution in [2.24, 2.45) is 0 Å². The standard InChI is InChI=1S/C12H13F3N2O3/c1-20-3-2-16-10(18)6-17-12(19)7-4-8(13)11(15)9(14)5-7/h4-5H,2-3,6H2,1H3,(H,16,18)(H,17,19). The normalized spacial score (nSPS) is 10.2. The van der Waals surface area contributed by atoms with Crippen molar-refractivity contribution < 1.29 is 27.5 Å². The van der Waals surface area contributed by atoms with Crippen molar-refractivity contribution in [2.45, 2.75) is 0 Å². The lowest BCUT2D eigenvalue weighted by Crippen LogP contribution is -2.38. The van der Waals surface area contributed by atoms with Crippen LogP contribution in [0.4, 0.5) is 13.2 Å². The third kappa shape index (κ3) is 4.54. The van der Waals surface area contributed by atoms with E-state index in [0.29, 0.717) is 18.7 Å². The van der Waals surface area contributed by atoms with Crippen molar-refractivity contribution in [2.75, 3.05) is 26.8 Å². The molecule has 8 heteroatoms. The topological polar surface area (TPSA) is 67.4 Å². The third-order valence-corrected chi connectivity index (χ3v) is 2.28. The van der Waals surface area contributed by atoms with E-state index in [1.54, 1.807) is 0 Å². The summed E-state index contributed by atoms with van der Waals surface area (Å²) in [6.07, 6.45) is 0. The van der Waals surface area contributed by atoms with Crippen molar-refractivity contribution in [3.63, 3.8) is 0 Å². The van der Waals surface area contributed by atoms with Gasteiger partial charge in [-0.15, -0.1) is 0 Å². The van der Waals surface area contributed by atoms with Gasteiger partial charge in [-0.1, -0.05) is 0 Å². The van der Waals surface area contributed by atoms with Crippen LogP contribution in [-0.2, 0) is 9.53 Å². The molecular weight excluding hydrogens is 277 g/mol. The van der Waals surface area contributed by atoms with E-state index in [1.165, 1.54) is 7.11 Å². The summed E-state index contributed by atoms with van der Waals surface area (Å²) in [5.74, 6) is -5.97. The molecule has 0 saturated heterocycles. The quantitative estimate of drug-likeness (QED) is 0.595. The Balaban J connectivity index is 2.53. The molecule has 0 heterocycles. The summed E-state index contributed by atoms with van der Waals surface area (Å²) < 4.78 is 43.2. The number of methoxy groups -OCH3 is 1. The number of carbonyl (C=O) groups is 2. The molecule has 0 saturated carbocycles. The first-order chi connectivity index (χ1) is 9.45. The Labute approximate surface area is 113 Å². The highest BCUT2D eigenvalue weighted by atomic mass is 19.2. The summed E-state index contributed by atoms with van der Waals surface area (Å²) >= 11 is 0. The molecule has 2 N–H and O–H groups in total. The average Bonchev–Trinajstić information content (AvgIpc) is 2.41. The number of amides is 2. The molecule has 1 aromatic rings. The first-order valence-electron chi connectivity index (χ1n) is 5.64. The maximum Gasteiger partial charge on any atom is 0.251 e. The fourth-order valence-electron chi connectivity index (χ4n) is 1.30. The van der Waals surface area contributed by atoms with E-state index in [9.17, 15) is 22.8 Å². The second-order valence-corrected chi connectivity index (χ2v) is 3.78. The maximum absolute atomic E-state index is 12.9. The monoisotopic (exact) mass is 290 g/mol. The van der Waals surface area contributed by atoms with Crippen molar-refractivity contribution >= 4 is 11.8 Å². The summed E-state index contributed by atoms with van der Waals surface area (Å²) in [4.78, 5) is 22.8. The van der Waals surface area contributed by atoms with Crippen LogP contribution in [0.2, 0.25) is 0 Å². The van der Waals surface area contributed by atoms with Crippen molar-refractivity contribution in [3.05, 3.63) is 35.1 Å². The fourth-order valence-corrected chi connectivity index (χ4v) is 1.30. The first kappa shape index (κ1) is 16.0. The lowest BCUT2D eigenvalue weighted by atomic mass is 10.2. The van der Waals surface area contributed by atoms with Crippen LogP contribution >= 0.6 is 0 Å². The minimum atomic E-state index is -1.65. The number of benzene rings is 1. The minimum absolute atomic E-state index is 0.269. The van der Waals surface area contributed by atoms with Crippen LogP contribution in [0.15, 0.2) is 12.1 Å². The minimum Gasteiger partial charge on any atom is -0.383 e. The zero-order valence-corrected chi connectivity index (χ0v) is 10.6. The smallest absolute Gasteiger partial charge is 0.251 e. The van der Waals surface area contributed by atoms with E-state index < -0.39 is 34.8 Å². The van der Waals surface area contributed by atoms with Crippen molar-refractivity contribution in [3.8, 4) is 0 Å². The predicted molar refractivity (Wildman–Crippen MR) is 63.5 cm³/mol. The first-order valence-corrected chi connectivity index (χ1v) is 5.64. The molecule has 0 aliphatic rings. The van der Waals surface area contributed by atoms with Gasteiger partial charge in [0, 0.05) is 19.2 Å². The highest BCUT2D eigenvalue weighted by Crippen LogP contribution is 2.13. The van der Waals surface area contributed by atoms with Crippen LogP contribution in [0, 0.1) is 17.5 Å². The second kappa shape index (κ2) is 7.49. The van der Waals surface area contributed by atoms with Gasteiger partial charge in [-0.3, -0.25) is 9.59 Å². The molecule has 2 amide bonds. The van der Waals surface area contributed by atoms with Crippen LogP contribution in [-0.4, -0.2) is 38.6 Å². The van der Waals surface area contributed by atoms with Crippen LogP contribution in [0.3, 0.4) is 0 Å². The summed E-state index contributed by atoms with van der Waals surface area (Å²) in [5.41, 5.74) is -0.411. The Morgan fingerprint density at radius 2 is 1.75 bits per heavy atom. The van der Waals surface area contributed by atoms with E-state index >= 15 is 0 Å². The molecule has 0 aromatic heterocycles. The number of hydrogen-bond acceptors (Lipinski definition) is 3. The van der Waals surface area contributed by atoms with Gasteiger partial charge in [-0.2, -0.15) is 0 Å². The molecule has 0 aliphatic carbocycles. The lowest BCUT2D eigenvalue weighted by Gasteiger charge is -2.07. The molecule has 0 atom stereocenters. The number of hydrogen-bond donors (Lipinski definition) is 2. The van der Waals surface area contributed by atoms with Crippen LogP contribution in [0.5, 0.6) is 0 Å². The Kier molecular flexibility index (Phi) is 5.98. The summed E-state index contributed by atoms with van der Waals surface area (Å²) in [7, 11) is 1.46. The van der Waals surface area contributed by atoms with Crippen LogP contribution in [0.1, 0.15) is 10.4 Å². The molecule has 0 spiro atoms. The van der Waals surface area contributed by atoms with Crippen LogP contribution in [0.25, 0.3) is 0 Å². The van der Waals surface area contributed by atoms with Gasteiger partial charge < -0.3 is 15.4 Å². The lowest BCUT2D eigenvalue weighted by molar-refractivity contribution is -0.120. The molecule has 0 radical (unpaired) electrons. The van der Waals surface area contributed by atoms with Gasteiger partial charge in [-0.05, 0) is 12.1 Å². The van der Waals surface area contributed by atoms with Gasteiger partial charge in [0.2, 0.25) is 5.91 Å². The Morgan fingerprint density at radius 3 is 2.30 bits per heavy atom. The van der Waals surface area contributed by atoms with Gasteiger partial charge in [0.1, 0.15) is 0 Å². The van der Waals surface area contributed by atoms with Gasteiger partial charge in [-0.25, -0.2) is 13.2 Å². The van der Waals surface area contributed by atoms with Crippen molar-refractivity contribution in [1.29, 1.82) is 0 Å². The SMILES string of the molecule is COCCNC(=O)CNC(=O)c1cc(F)c(F)c(F)c1. The number of rotatable bonds is 6. The van der Waals surface area contributed by atoms with E-state index in [2.05, 4.69) is 10.6 Å². The average molecular weight is 290 g/mol. The zero-order valence-electron chi connectivity index (χ0n) is 10.6. The molecule has 0 bridgehead atoms. The van der Waals surface area contributed by atoms with Crippen LogP contribution < -0.4 is 10.6 Å². The summed E-state index contributed by atoms with van der Waals surface area (Å²) in [5, 5.41) is 4.59. The third-order valence-electron chi connectivity index (χ3n) is 2.28. The number of ether oxygens (including phenoxy) is 1. The second-order valence-electron chi connectivity index (χ2n) is 3.78. The summed E-state index contributed by atoms with van der Waals surface area (Å²) in [6, 6.07) is 1.10. The largest absolute Gasteiger partial charge is 0.383 e. The molecule has 1 aromatic carbocycles. The van der Waals surface area contributed by atoms with Gasteiger partial charge in [0.05, 0.1) is 13.2 Å². The molecule has 5 nitrogen and oxygen atoms in total. The molecular formula is C12H13F3N2O3. The molecule has 0 aliphatic heterocycles. The fraction of sp³-hybridized carbons (Fsp3) is 0.333. The van der Waals surface area contributed by atoms with E-state index in [1.807, 2.05) is 0 Å². The molecule has 1 rings (SSSR count). The number of carbonyl (C=O) groups excluding carboxylic acids is 2. The Bertz CT molecular complexity index is 486. The number of nitrogens with one attached hydrogen (secondary N) is 2. The maximum atomic E-state index is 12.9. The highest BCUT2D eigenvalue weighted by molar-refractivity contribution is 5.96. The molecule has 110 valence electrons. The summed E-state index contributed by atoms with van der Waals surface area (Å²) in [6.45, 7) is 0.211. The Hall–Kier alpha value is -2.09. The van der Waals surface area contributed by atoms with Gasteiger partial charge in [0.15, 0.2) is 17.5 Å². The highest BCUT2D eigenvalue weighted by Gasteiger charge is 2.15. The van der Waals surface area contributed by atoms with Crippen molar-refractivity contribution in [1.82, 2.24) is 10.6 Å². The number of halogens is 3. The Morgan fingerprint density at radius 1 is 1.15 bits per heavy atom. The van der Waals surface area contributed by atoms with E-state index in [-0.39, 0.29) is 13.1 Å². The molecule has 20 heavy (non-hydrogen) atoms. The van der Waals surface area contributed by atoms with E-state index in [0.717, 1.165) is 0 Å².